The number of carbonyl (C=O) groups excluding carboxylic acids is 1. The minimum absolute atomic E-state index is 0.148. The van der Waals surface area contributed by atoms with Crippen LogP contribution in [0.25, 0.3) is 0 Å². The summed E-state index contributed by atoms with van der Waals surface area (Å²) in [6.45, 7) is 5.80. The van der Waals surface area contributed by atoms with E-state index < -0.39 is 0 Å². The molecule has 1 fully saturated rings. The molecule has 0 spiro atoms. The fourth-order valence-electron chi connectivity index (χ4n) is 1.44. The molecular weight excluding hydrogens is 182 g/mol. The standard InChI is InChI=1S/C10H19NOS/c1-3-6-11(7-9-4-5-9)10(12)8(2)13/h8-9,13H,3-7H2,1-2H3. The van der Waals surface area contributed by atoms with Crippen LogP contribution in [-0.2, 0) is 4.79 Å². The first kappa shape index (κ1) is 10.9. The molecule has 1 saturated carbocycles. The summed E-state index contributed by atoms with van der Waals surface area (Å²) in [6.07, 6.45) is 3.64. The smallest absolute Gasteiger partial charge is 0.235 e. The van der Waals surface area contributed by atoms with Crippen LogP contribution < -0.4 is 0 Å². The quantitative estimate of drug-likeness (QED) is 0.674. The zero-order valence-electron chi connectivity index (χ0n) is 8.49. The molecule has 1 unspecified atom stereocenters. The van der Waals surface area contributed by atoms with Gasteiger partial charge in [-0.15, -0.1) is 0 Å². The lowest BCUT2D eigenvalue weighted by Gasteiger charge is -2.23. The van der Waals surface area contributed by atoms with Crippen LogP contribution in [0.5, 0.6) is 0 Å². The minimum Gasteiger partial charge on any atom is -0.341 e. The molecule has 1 rings (SSSR count). The number of carbonyl (C=O) groups is 1. The molecule has 0 aliphatic heterocycles. The van der Waals surface area contributed by atoms with Crippen molar-refractivity contribution >= 4 is 18.5 Å². The maximum Gasteiger partial charge on any atom is 0.235 e. The highest BCUT2D eigenvalue weighted by atomic mass is 32.1. The van der Waals surface area contributed by atoms with Crippen molar-refractivity contribution in [2.45, 2.75) is 38.4 Å². The lowest BCUT2D eigenvalue weighted by atomic mass is 10.3. The van der Waals surface area contributed by atoms with Crippen molar-refractivity contribution in [2.24, 2.45) is 5.92 Å². The second kappa shape index (κ2) is 4.89. The van der Waals surface area contributed by atoms with Gasteiger partial charge in [-0.25, -0.2) is 0 Å². The van der Waals surface area contributed by atoms with E-state index in [4.69, 9.17) is 0 Å². The van der Waals surface area contributed by atoms with Gasteiger partial charge in [0.05, 0.1) is 5.25 Å². The summed E-state index contributed by atoms with van der Waals surface area (Å²) in [5.41, 5.74) is 0. The zero-order chi connectivity index (χ0) is 9.84. The van der Waals surface area contributed by atoms with E-state index in [-0.39, 0.29) is 11.2 Å². The van der Waals surface area contributed by atoms with E-state index in [1.807, 2.05) is 11.8 Å². The van der Waals surface area contributed by atoms with Gasteiger partial charge in [0.1, 0.15) is 0 Å². The SMILES string of the molecule is CCCN(CC1CC1)C(=O)C(C)S. The fourth-order valence-corrected chi connectivity index (χ4v) is 1.60. The van der Waals surface area contributed by atoms with Crippen LogP contribution in [0.3, 0.4) is 0 Å². The Morgan fingerprint density at radius 3 is 2.62 bits per heavy atom. The van der Waals surface area contributed by atoms with E-state index in [0.29, 0.717) is 0 Å². The minimum atomic E-state index is -0.148. The van der Waals surface area contributed by atoms with Gasteiger partial charge < -0.3 is 4.90 Å². The largest absolute Gasteiger partial charge is 0.341 e. The number of hydrogen-bond acceptors (Lipinski definition) is 2. The van der Waals surface area contributed by atoms with E-state index in [0.717, 1.165) is 25.4 Å². The Bertz CT molecular complexity index is 178. The second-order valence-electron chi connectivity index (χ2n) is 3.90. The molecule has 1 aliphatic rings. The van der Waals surface area contributed by atoms with E-state index >= 15 is 0 Å². The molecule has 76 valence electrons. The van der Waals surface area contributed by atoms with Gasteiger partial charge in [0.2, 0.25) is 5.91 Å². The van der Waals surface area contributed by atoms with Crippen LogP contribution >= 0.6 is 12.6 Å². The molecule has 0 aromatic heterocycles. The summed E-state index contributed by atoms with van der Waals surface area (Å²) < 4.78 is 0. The maximum atomic E-state index is 11.6. The first-order chi connectivity index (χ1) is 6.15. The molecule has 13 heavy (non-hydrogen) atoms. The Morgan fingerprint density at radius 1 is 1.62 bits per heavy atom. The van der Waals surface area contributed by atoms with Crippen LogP contribution in [0.1, 0.15) is 33.1 Å². The number of nitrogens with zero attached hydrogens (tertiary/aromatic N) is 1. The van der Waals surface area contributed by atoms with Gasteiger partial charge >= 0.3 is 0 Å². The van der Waals surface area contributed by atoms with Crippen molar-refractivity contribution in [2.75, 3.05) is 13.1 Å². The van der Waals surface area contributed by atoms with E-state index in [2.05, 4.69) is 19.6 Å². The Labute approximate surface area is 86.1 Å². The molecular formula is C10H19NOS. The first-order valence-corrected chi connectivity index (χ1v) is 5.63. The molecule has 0 bridgehead atoms. The molecule has 3 heteroatoms. The summed E-state index contributed by atoms with van der Waals surface area (Å²) in [5.74, 6) is 0.972. The van der Waals surface area contributed by atoms with Crippen LogP contribution in [0, 0.1) is 5.92 Å². The van der Waals surface area contributed by atoms with Crippen LogP contribution in [0.2, 0.25) is 0 Å². The fraction of sp³-hybridized carbons (Fsp3) is 0.900. The molecule has 0 saturated heterocycles. The molecule has 2 nitrogen and oxygen atoms in total. The molecule has 0 aromatic carbocycles. The van der Waals surface area contributed by atoms with E-state index in [1.165, 1.54) is 12.8 Å². The van der Waals surface area contributed by atoms with Gasteiger partial charge in [-0.2, -0.15) is 12.6 Å². The van der Waals surface area contributed by atoms with Crippen molar-refractivity contribution < 1.29 is 4.79 Å². The van der Waals surface area contributed by atoms with Crippen molar-refractivity contribution in [3.8, 4) is 0 Å². The molecule has 0 N–H and O–H groups in total. The third-order valence-corrected chi connectivity index (χ3v) is 2.56. The second-order valence-corrected chi connectivity index (χ2v) is 4.68. The monoisotopic (exact) mass is 201 g/mol. The normalized spacial score (nSPS) is 18.4. The summed E-state index contributed by atoms with van der Waals surface area (Å²) in [5, 5.41) is -0.148. The predicted octanol–water partition coefficient (Wildman–Crippen LogP) is 1.95. The Balaban J connectivity index is 2.39. The first-order valence-electron chi connectivity index (χ1n) is 5.12. The third-order valence-electron chi connectivity index (χ3n) is 2.34. The number of hydrogen-bond donors (Lipinski definition) is 1. The average Bonchev–Trinajstić information content (AvgIpc) is 2.86. The molecule has 1 amide bonds. The Hall–Kier alpha value is -0.180. The molecule has 1 aliphatic carbocycles. The predicted molar refractivity (Wildman–Crippen MR) is 58.0 cm³/mol. The van der Waals surface area contributed by atoms with Crippen LogP contribution in [0.15, 0.2) is 0 Å². The van der Waals surface area contributed by atoms with Crippen LogP contribution in [-0.4, -0.2) is 29.1 Å². The van der Waals surface area contributed by atoms with Gasteiger partial charge in [-0.3, -0.25) is 4.79 Å². The van der Waals surface area contributed by atoms with Gasteiger partial charge in [0, 0.05) is 13.1 Å². The third kappa shape index (κ3) is 3.59. The van der Waals surface area contributed by atoms with Gasteiger partial charge in [0.25, 0.3) is 0 Å². The zero-order valence-corrected chi connectivity index (χ0v) is 9.39. The molecule has 0 heterocycles. The summed E-state index contributed by atoms with van der Waals surface area (Å²) in [6, 6.07) is 0. The lowest BCUT2D eigenvalue weighted by Crippen LogP contribution is -2.37. The highest BCUT2D eigenvalue weighted by molar-refractivity contribution is 7.81. The average molecular weight is 201 g/mol. The number of thiol groups is 1. The molecule has 0 aromatic rings. The highest BCUT2D eigenvalue weighted by Gasteiger charge is 2.27. The van der Waals surface area contributed by atoms with Gasteiger partial charge in [-0.05, 0) is 32.1 Å². The summed E-state index contributed by atoms with van der Waals surface area (Å²) in [7, 11) is 0. The number of rotatable bonds is 5. The number of amides is 1. The van der Waals surface area contributed by atoms with Crippen molar-refractivity contribution in [1.29, 1.82) is 0 Å². The topological polar surface area (TPSA) is 20.3 Å². The van der Waals surface area contributed by atoms with Crippen molar-refractivity contribution in [3.63, 3.8) is 0 Å². The van der Waals surface area contributed by atoms with Crippen LogP contribution in [0.4, 0.5) is 0 Å². The molecule has 1 atom stereocenters. The van der Waals surface area contributed by atoms with Gasteiger partial charge in [0.15, 0.2) is 0 Å². The van der Waals surface area contributed by atoms with Crippen molar-refractivity contribution in [1.82, 2.24) is 4.90 Å². The van der Waals surface area contributed by atoms with Crippen molar-refractivity contribution in [3.05, 3.63) is 0 Å². The maximum absolute atomic E-state index is 11.6. The Morgan fingerprint density at radius 2 is 2.23 bits per heavy atom. The van der Waals surface area contributed by atoms with E-state index in [1.54, 1.807) is 0 Å². The Kier molecular flexibility index (Phi) is 4.10. The lowest BCUT2D eigenvalue weighted by molar-refractivity contribution is -0.130. The van der Waals surface area contributed by atoms with Gasteiger partial charge in [-0.1, -0.05) is 6.92 Å². The molecule has 0 radical (unpaired) electrons. The van der Waals surface area contributed by atoms with E-state index in [9.17, 15) is 4.79 Å². The highest BCUT2D eigenvalue weighted by Crippen LogP contribution is 2.30. The summed E-state index contributed by atoms with van der Waals surface area (Å²) >= 11 is 4.18. The summed E-state index contributed by atoms with van der Waals surface area (Å²) in [4.78, 5) is 13.6.